The van der Waals surface area contributed by atoms with Crippen molar-refractivity contribution in [1.82, 2.24) is 0 Å². The fraction of sp³-hybridized carbons (Fsp3) is 0.0769. The van der Waals surface area contributed by atoms with E-state index in [1.165, 1.54) is 39.1 Å². The monoisotopic (exact) mass is 490 g/mol. The van der Waals surface area contributed by atoms with Gasteiger partial charge in [-0.05, 0) is 0 Å². The van der Waals surface area contributed by atoms with E-state index in [4.69, 9.17) is 0 Å². The van der Waals surface area contributed by atoms with Crippen LogP contribution in [0.25, 0.3) is 32.7 Å². The second kappa shape index (κ2) is 8.23. The Morgan fingerprint density at radius 2 is 1.31 bits per heavy atom. The molecule has 4 aromatic carbocycles. The van der Waals surface area contributed by atoms with Crippen LogP contribution in [0.1, 0.15) is 21.2 Å². The maximum atomic E-state index is 2.38. The first-order valence-electron chi connectivity index (χ1n) is 9.57. The van der Waals surface area contributed by atoms with Crippen LogP contribution in [0.5, 0.6) is 0 Å². The molecule has 4 aromatic rings. The summed E-state index contributed by atoms with van der Waals surface area (Å²) in [5, 5.41) is 5.66. The molecule has 0 radical (unpaired) electrons. The third-order valence-electron chi connectivity index (χ3n) is 5.90. The van der Waals surface area contributed by atoms with Crippen LogP contribution in [0.4, 0.5) is 0 Å². The number of allylic oxidation sites excluding steroid dienone is 4. The molecule has 0 saturated carbocycles. The van der Waals surface area contributed by atoms with Crippen LogP contribution in [-0.4, -0.2) is 0 Å². The largest absolute Gasteiger partial charge is 1.00 e. The molecule has 2 aliphatic carbocycles. The van der Waals surface area contributed by atoms with Crippen LogP contribution in [0.15, 0.2) is 94.3 Å². The Labute approximate surface area is 195 Å². The van der Waals surface area contributed by atoms with Gasteiger partial charge in [0.15, 0.2) is 0 Å². The van der Waals surface area contributed by atoms with Gasteiger partial charge in [0.1, 0.15) is 0 Å². The van der Waals surface area contributed by atoms with Gasteiger partial charge < -0.3 is 24.8 Å². The smallest absolute Gasteiger partial charge is 1.00 e. The second-order valence-electron chi connectivity index (χ2n) is 7.37. The Morgan fingerprint density at radius 3 is 2.03 bits per heavy atom. The van der Waals surface area contributed by atoms with Crippen molar-refractivity contribution >= 4 is 21.5 Å². The van der Waals surface area contributed by atoms with Crippen molar-refractivity contribution in [3.05, 3.63) is 105 Å². The van der Waals surface area contributed by atoms with E-state index in [9.17, 15) is 0 Å². The van der Waals surface area contributed by atoms with Crippen molar-refractivity contribution in [2.45, 2.75) is 10.0 Å². The molecule has 1 atom stereocenters. The Hall–Kier alpha value is -1.66. The molecule has 1 unspecified atom stereocenters. The van der Waals surface area contributed by atoms with Gasteiger partial charge in [0.25, 0.3) is 0 Å². The summed E-state index contributed by atoms with van der Waals surface area (Å²) >= 11 is -0.749. The average Bonchev–Trinajstić information content (AvgIpc) is 3.35. The normalized spacial score (nSPS) is 15.9. The van der Waals surface area contributed by atoms with Gasteiger partial charge in [-0.3, -0.25) is 0 Å². The van der Waals surface area contributed by atoms with Gasteiger partial charge in [0.2, 0.25) is 0 Å². The van der Waals surface area contributed by atoms with Crippen molar-refractivity contribution in [2.75, 3.05) is 0 Å². The summed E-state index contributed by atoms with van der Waals surface area (Å²) in [6.07, 6.45) is 8.12. The second-order valence-corrected chi connectivity index (χ2v) is 11.1. The quantitative estimate of drug-likeness (QED) is 0.367. The molecule has 0 aromatic heterocycles. The summed E-state index contributed by atoms with van der Waals surface area (Å²) in [5.41, 5.74) is 6.13. The molecule has 0 heterocycles. The van der Waals surface area contributed by atoms with Gasteiger partial charge in [0, 0.05) is 0 Å². The zero-order valence-electron chi connectivity index (χ0n) is 15.7. The molecule has 0 bridgehead atoms. The van der Waals surface area contributed by atoms with E-state index in [-0.39, 0.29) is 24.8 Å². The first kappa shape index (κ1) is 20.6. The maximum Gasteiger partial charge on any atom is -1.00 e. The van der Waals surface area contributed by atoms with Gasteiger partial charge in [0.05, 0.1) is 0 Å². The zero-order valence-corrected chi connectivity index (χ0v) is 19.7. The van der Waals surface area contributed by atoms with Crippen LogP contribution < -0.4 is 24.8 Å². The number of fused-ring (bicyclic) bond motifs is 8. The van der Waals surface area contributed by atoms with Crippen molar-refractivity contribution in [1.29, 1.82) is 0 Å². The van der Waals surface area contributed by atoms with Crippen molar-refractivity contribution in [2.24, 2.45) is 0 Å². The van der Waals surface area contributed by atoms with Crippen LogP contribution in [0.3, 0.4) is 0 Å². The average molecular weight is 493 g/mol. The summed E-state index contributed by atoms with van der Waals surface area (Å²) in [6.45, 7) is 0. The topological polar surface area (TPSA) is 0 Å². The van der Waals surface area contributed by atoms with Crippen LogP contribution >= 0.6 is 0 Å². The molecule has 3 heteroatoms. The summed E-state index contributed by atoms with van der Waals surface area (Å²) in [7, 11) is 0. The Morgan fingerprint density at radius 1 is 0.690 bits per heavy atom. The minimum atomic E-state index is -0.749. The van der Waals surface area contributed by atoms with Gasteiger partial charge in [-0.1, -0.05) is 0 Å². The predicted octanol–water partition coefficient (Wildman–Crippen LogP) is 0.997. The molecule has 140 valence electrons. The van der Waals surface area contributed by atoms with E-state index in [0.29, 0.717) is 3.63 Å². The molecule has 0 saturated heterocycles. The molecule has 2 aliphatic rings. The molecule has 0 nitrogen and oxygen atoms in total. The maximum absolute atomic E-state index is 2.38. The summed E-state index contributed by atoms with van der Waals surface area (Å²) in [5.74, 6) is 0. The molecular weight excluding hydrogens is 474 g/mol. The van der Waals surface area contributed by atoms with E-state index < -0.39 is 23.2 Å². The van der Waals surface area contributed by atoms with Gasteiger partial charge >= 0.3 is 171 Å². The molecular formula is C26H18Cl2Zr. The number of benzene rings is 4. The van der Waals surface area contributed by atoms with E-state index in [1.54, 1.807) is 14.4 Å². The molecule has 0 amide bonds. The Kier molecular flexibility index (Phi) is 5.85. The van der Waals surface area contributed by atoms with Gasteiger partial charge in [-0.15, -0.1) is 0 Å². The molecule has 0 aliphatic heterocycles. The zero-order chi connectivity index (χ0) is 17.8. The SMILES string of the molecule is C1=CC[C]([Zr+2][CH]2c3ccccc3-c3c2c2ccccc2c2ccccc32)=C1.[Cl-].[Cl-]. The predicted molar refractivity (Wildman–Crippen MR) is 111 cm³/mol. The van der Waals surface area contributed by atoms with Crippen LogP contribution in [-0.2, 0) is 23.2 Å². The molecule has 0 fully saturated rings. The van der Waals surface area contributed by atoms with E-state index in [2.05, 4.69) is 91.0 Å². The fourth-order valence-electron chi connectivity index (χ4n) is 4.78. The Balaban J connectivity index is 0.00000102. The van der Waals surface area contributed by atoms with E-state index >= 15 is 0 Å². The van der Waals surface area contributed by atoms with Gasteiger partial charge in [-0.25, -0.2) is 0 Å². The van der Waals surface area contributed by atoms with Crippen molar-refractivity contribution in [3.8, 4) is 11.1 Å². The molecule has 0 spiro atoms. The van der Waals surface area contributed by atoms with Crippen LogP contribution in [0.2, 0.25) is 0 Å². The molecule has 6 rings (SSSR count). The summed E-state index contributed by atoms with van der Waals surface area (Å²) in [4.78, 5) is 0. The minimum Gasteiger partial charge on any atom is -1.00 e. The number of halogens is 2. The standard InChI is InChI=1S/C21H13.C5H5.2ClH.Zr/c1-2-8-15-14(7-1)13-20-18-11-4-3-9-16(18)17-10-5-6-12-19(17)21(15)20;1-2-4-5-3-1;;;/h1-13H;1-3H,4H2;2*1H;/q;;;;+2/p-2. The third-order valence-corrected chi connectivity index (χ3v) is 9.91. The van der Waals surface area contributed by atoms with Crippen molar-refractivity contribution in [3.63, 3.8) is 0 Å². The molecule has 0 N–H and O–H groups in total. The fourth-order valence-corrected chi connectivity index (χ4v) is 8.84. The van der Waals surface area contributed by atoms with E-state index in [1.807, 2.05) is 0 Å². The Bertz CT molecular complexity index is 1290. The number of hydrogen-bond acceptors (Lipinski definition) is 0. The minimum absolute atomic E-state index is 0. The third kappa shape index (κ3) is 3.15. The molecule has 29 heavy (non-hydrogen) atoms. The number of hydrogen-bond donors (Lipinski definition) is 0. The van der Waals surface area contributed by atoms with Crippen molar-refractivity contribution < 1.29 is 48.0 Å². The number of rotatable bonds is 2. The van der Waals surface area contributed by atoms with E-state index in [0.717, 1.165) is 0 Å². The summed E-state index contributed by atoms with van der Waals surface area (Å²) in [6, 6.07) is 27.2. The first-order chi connectivity index (χ1) is 13.4. The van der Waals surface area contributed by atoms with Crippen LogP contribution in [0, 0.1) is 0 Å². The first-order valence-corrected chi connectivity index (χ1v) is 12.2. The summed E-state index contributed by atoms with van der Waals surface area (Å²) < 4.78 is 2.32. The van der Waals surface area contributed by atoms with Gasteiger partial charge in [-0.2, -0.15) is 0 Å².